The van der Waals surface area contributed by atoms with E-state index in [4.69, 9.17) is 5.84 Å². The Morgan fingerprint density at radius 2 is 1.72 bits per heavy atom. The summed E-state index contributed by atoms with van der Waals surface area (Å²) in [6.45, 7) is 11.4. The zero-order valence-electron chi connectivity index (χ0n) is 12.7. The van der Waals surface area contributed by atoms with E-state index in [-0.39, 0.29) is 17.9 Å². The summed E-state index contributed by atoms with van der Waals surface area (Å²) in [6.07, 6.45) is 0. The van der Waals surface area contributed by atoms with E-state index in [1.807, 2.05) is 6.92 Å². The van der Waals surface area contributed by atoms with Crippen molar-refractivity contribution < 1.29 is 4.79 Å². The van der Waals surface area contributed by atoms with Gasteiger partial charge in [-0.05, 0) is 26.9 Å². The van der Waals surface area contributed by atoms with Gasteiger partial charge < -0.3 is 4.90 Å². The van der Waals surface area contributed by atoms with Crippen LogP contribution < -0.4 is 11.3 Å². The number of carbonyl (C=O) groups excluding carboxylic acids is 1. The van der Waals surface area contributed by atoms with Crippen LogP contribution in [0.5, 0.6) is 0 Å². The van der Waals surface area contributed by atoms with E-state index in [1.54, 1.807) is 0 Å². The zero-order valence-corrected chi connectivity index (χ0v) is 12.7. The number of nitrogens with zero attached hydrogens (tertiary/aromatic N) is 2. The molecule has 5 heteroatoms. The Labute approximate surface area is 112 Å². The Kier molecular flexibility index (Phi) is 8.15. The number of nitrogens with one attached hydrogen (secondary N) is 1. The molecular weight excluding hydrogens is 228 g/mol. The molecule has 0 aromatic heterocycles. The van der Waals surface area contributed by atoms with Gasteiger partial charge in [-0.2, -0.15) is 0 Å². The molecule has 0 rings (SSSR count). The number of rotatable bonds is 8. The predicted molar refractivity (Wildman–Crippen MR) is 75.9 cm³/mol. The van der Waals surface area contributed by atoms with Crippen molar-refractivity contribution in [1.82, 2.24) is 15.2 Å². The third-order valence-electron chi connectivity index (χ3n) is 3.29. The van der Waals surface area contributed by atoms with Crippen molar-refractivity contribution in [2.45, 2.75) is 33.7 Å². The molecule has 0 aromatic rings. The Morgan fingerprint density at radius 1 is 1.17 bits per heavy atom. The average molecular weight is 258 g/mol. The molecule has 2 unspecified atom stereocenters. The van der Waals surface area contributed by atoms with E-state index in [9.17, 15) is 4.79 Å². The van der Waals surface area contributed by atoms with Gasteiger partial charge in [-0.25, -0.2) is 5.84 Å². The lowest BCUT2D eigenvalue weighted by atomic mass is 10.00. The number of hydrogen-bond donors (Lipinski definition) is 2. The van der Waals surface area contributed by atoms with Crippen molar-refractivity contribution in [2.24, 2.45) is 17.7 Å². The van der Waals surface area contributed by atoms with Crippen LogP contribution in [0.1, 0.15) is 27.7 Å². The van der Waals surface area contributed by atoms with Crippen LogP contribution in [-0.2, 0) is 4.79 Å². The molecule has 0 aliphatic rings. The molecule has 0 fully saturated rings. The van der Waals surface area contributed by atoms with Crippen LogP contribution in [0.4, 0.5) is 0 Å². The van der Waals surface area contributed by atoms with E-state index in [1.165, 1.54) is 0 Å². The quantitative estimate of drug-likeness (QED) is 0.378. The van der Waals surface area contributed by atoms with Crippen molar-refractivity contribution in [1.29, 1.82) is 0 Å². The maximum absolute atomic E-state index is 11.6. The molecular formula is C13H30N4O. The minimum Gasteiger partial charge on any atom is -0.308 e. The van der Waals surface area contributed by atoms with Crippen molar-refractivity contribution in [3.05, 3.63) is 0 Å². The summed E-state index contributed by atoms with van der Waals surface area (Å²) in [5.74, 6) is 5.60. The summed E-state index contributed by atoms with van der Waals surface area (Å²) < 4.78 is 0. The Bertz CT molecular complexity index is 243. The topological polar surface area (TPSA) is 61.6 Å². The van der Waals surface area contributed by atoms with Gasteiger partial charge in [0.05, 0.1) is 5.92 Å². The highest BCUT2D eigenvalue weighted by Gasteiger charge is 2.25. The van der Waals surface area contributed by atoms with Crippen LogP contribution in [0.15, 0.2) is 0 Å². The first-order valence-corrected chi connectivity index (χ1v) is 6.68. The van der Waals surface area contributed by atoms with Gasteiger partial charge in [0, 0.05) is 25.7 Å². The maximum atomic E-state index is 11.6. The summed E-state index contributed by atoms with van der Waals surface area (Å²) in [7, 11) is 4.13. The number of amides is 1. The largest absolute Gasteiger partial charge is 0.308 e. The first-order chi connectivity index (χ1) is 8.29. The molecule has 0 heterocycles. The van der Waals surface area contributed by atoms with Gasteiger partial charge in [-0.3, -0.25) is 15.1 Å². The molecule has 1 amide bonds. The second kappa shape index (κ2) is 8.45. The molecule has 0 spiro atoms. The van der Waals surface area contributed by atoms with Gasteiger partial charge in [-0.15, -0.1) is 0 Å². The van der Waals surface area contributed by atoms with E-state index < -0.39 is 0 Å². The molecule has 108 valence electrons. The van der Waals surface area contributed by atoms with Gasteiger partial charge in [0.25, 0.3) is 0 Å². The first-order valence-electron chi connectivity index (χ1n) is 6.68. The van der Waals surface area contributed by atoms with E-state index in [0.29, 0.717) is 5.92 Å². The number of hydrogen-bond acceptors (Lipinski definition) is 4. The fraction of sp³-hybridized carbons (Fsp3) is 0.923. The lowest BCUT2D eigenvalue weighted by Gasteiger charge is -2.34. The van der Waals surface area contributed by atoms with Gasteiger partial charge in [-0.1, -0.05) is 20.8 Å². The summed E-state index contributed by atoms with van der Waals surface area (Å²) in [5, 5.41) is 0. The van der Waals surface area contributed by atoms with E-state index in [2.05, 4.69) is 50.1 Å². The molecule has 5 nitrogen and oxygen atoms in total. The van der Waals surface area contributed by atoms with Crippen LogP contribution in [0.25, 0.3) is 0 Å². The van der Waals surface area contributed by atoms with Crippen LogP contribution in [0.2, 0.25) is 0 Å². The van der Waals surface area contributed by atoms with Crippen LogP contribution in [-0.4, -0.2) is 55.5 Å². The maximum Gasteiger partial charge on any atom is 0.238 e. The number of likely N-dealkylation sites (N-methyl/N-ethyl adjacent to an activating group) is 1. The standard InChI is InChI=1S/C13H30N4O/c1-10(2)9-17(8-7-16(5)6)12(4)11(3)13(18)15-14/h10-12H,7-9,14H2,1-6H3,(H,15,18). The normalized spacial score (nSPS) is 15.2. The average Bonchev–Trinajstić information content (AvgIpc) is 2.30. The Morgan fingerprint density at radius 3 is 2.11 bits per heavy atom. The molecule has 0 bridgehead atoms. The summed E-state index contributed by atoms with van der Waals surface area (Å²) >= 11 is 0. The van der Waals surface area contributed by atoms with Crippen molar-refractivity contribution in [3.63, 3.8) is 0 Å². The monoisotopic (exact) mass is 258 g/mol. The second-order valence-electron chi connectivity index (χ2n) is 5.73. The molecule has 0 aliphatic heterocycles. The van der Waals surface area contributed by atoms with Gasteiger partial charge in [0.15, 0.2) is 0 Å². The fourth-order valence-corrected chi connectivity index (χ4v) is 1.93. The third kappa shape index (κ3) is 6.33. The molecule has 0 saturated carbocycles. The highest BCUT2D eigenvalue weighted by atomic mass is 16.2. The van der Waals surface area contributed by atoms with Gasteiger partial charge in [0.1, 0.15) is 0 Å². The van der Waals surface area contributed by atoms with Crippen molar-refractivity contribution >= 4 is 5.91 Å². The number of hydrazine groups is 1. The molecule has 0 saturated heterocycles. The SMILES string of the molecule is CC(C)CN(CCN(C)C)C(C)C(C)C(=O)NN. The zero-order chi connectivity index (χ0) is 14.3. The summed E-state index contributed by atoms with van der Waals surface area (Å²) in [6, 6.07) is 0.191. The summed E-state index contributed by atoms with van der Waals surface area (Å²) in [4.78, 5) is 16.1. The summed E-state index contributed by atoms with van der Waals surface area (Å²) in [5.41, 5.74) is 2.24. The molecule has 2 atom stereocenters. The van der Waals surface area contributed by atoms with Crippen molar-refractivity contribution in [2.75, 3.05) is 33.7 Å². The lowest BCUT2D eigenvalue weighted by Crippen LogP contribution is -2.48. The molecule has 18 heavy (non-hydrogen) atoms. The molecule has 0 aliphatic carbocycles. The number of carbonyl (C=O) groups is 1. The van der Waals surface area contributed by atoms with E-state index >= 15 is 0 Å². The van der Waals surface area contributed by atoms with Gasteiger partial charge >= 0.3 is 0 Å². The van der Waals surface area contributed by atoms with E-state index in [0.717, 1.165) is 19.6 Å². The Hall–Kier alpha value is -0.650. The highest BCUT2D eigenvalue weighted by molar-refractivity contribution is 5.78. The second-order valence-corrected chi connectivity index (χ2v) is 5.73. The molecule has 3 N–H and O–H groups in total. The fourth-order valence-electron chi connectivity index (χ4n) is 1.93. The lowest BCUT2D eigenvalue weighted by molar-refractivity contribution is -0.126. The molecule has 0 radical (unpaired) electrons. The van der Waals surface area contributed by atoms with Crippen LogP contribution in [0, 0.1) is 11.8 Å². The smallest absolute Gasteiger partial charge is 0.238 e. The predicted octanol–water partition coefficient (Wildman–Crippen LogP) is 0.521. The van der Waals surface area contributed by atoms with Crippen LogP contribution in [0.3, 0.4) is 0 Å². The first kappa shape index (κ1) is 17.4. The van der Waals surface area contributed by atoms with Gasteiger partial charge in [0.2, 0.25) is 5.91 Å². The molecule has 0 aromatic carbocycles. The van der Waals surface area contributed by atoms with Crippen LogP contribution >= 0.6 is 0 Å². The highest BCUT2D eigenvalue weighted by Crippen LogP contribution is 2.13. The Balaban J connectivity index is 4.56. The van der Waals surface area contributed by atoms with Crippen molar-refractivity contribution in [3.8, 4) is 0 Å². The third-order valence-corrected chi connectivity index (χ3v) is 3.29. The number of nitrogens with two attached hydrogens (primary N) is 1. The minimum absolute atomic E-state index is 0.0962. The minimum atomic E-state index is -0.101.